The minimum Gasteiger partial charge on any atom is -0.246 e. The van der Waals surface area contributed by atoms with E-state index in [1.165, 1.54) is 0 Å². The first-order valence-electron chi connectivity index (χ1n) is 3.47. The third kappa shape index (κ3) is 1.65. The normalized spacial score (nSPS) is 44.9. The lowest BCUT2D eigenvalue weighted by molar-refractivity contribution is 0.0499. The molecule has 4 heteroatoms. The zero-order chi connectivity index (χ0) is 8.43. The third-order valence-electron chi connectivity index (χ3n) is 1.92. The first-order valence-corrected chi connectivity index (χ1v) is 3.47. The van der Waals surface area contributed by atoms with Crippen LogP contribution in [0, 0.1) is 17.2 Å². The van der Waals surface area contributed by atoms with Crippen LogP contribution in [0.25, 0.3) is 0 Å². The Morgan fingerprint density at radius 1 is 1.00 bits per heavy atom. The minimum atomic E-state index is -1.73. The summed E-state index contributed by atoms with van der Waals surface area (Å²) in [6, 6.07) is 1.62. The summed E-state index contributed by atoms with van der Waals surface area (Å²) >= 11 is 0. The van der Waals surface area contributed by atoms with Gasteiger partial charge in [-0.25, -0.2) is 13.2 Å². The predicted octanol–water partition coefficient (Wildman–Crippen LogP) is 1.93. The Hall–Kier alpha value is -0.720. The van der Waals surface area contributed by atoms with Crippen LogP contribution in [0.4, 0.5) is 13.2 Å². The van der Waals surface area contributed by atoms with Crippen LogP contribution < -0.4 is 0 Å². The molecule has 1 rings (SSSR count). The maximum absolute atomic E-state index is 12.6. The molecule has 0 amide bonds. The zero-order valence-corrected chi connectivity index (χ0v) is 5.80. The second kappa shape index (κ2) is 3.12. The molecule has 0 bridgehead atoms. The molecule has 11 heavy (non-hydrogen) atoms. The number of hydrogen-bond donors (Lipinski definition) is 0. The summed E-state index contributed by atoms with van der Waals surface area (Å²) in [7, 11) is 0. The molecule has 4 atom stereocenters. The van der Waals surface area contributed by atoms with Gasteiger partial charge in [-0.1, -0.05) is 0 Å². The Kier molecular flexibility index (Phi) is 2.38. The van der Waals surface area contributed by atoms with Crippen LogP contribution in [0.5, 0.6) is 0 Å². The Balaban J connectivity index is 2.56. The number of nitrogens with zero attached hydrogens (tertiary/aromatic N) is 1. The molecular formula is C7H8F3N. The first-order chi connectivity index (χ1) is 5.15. The molecule has 0 aliphatic heterocycles. The quantitative estimate of drug-likeness (QED) is 0.535. The standard InChI is InChI=1S/C7H8F3N/c8-5-2-7(10)6(9)1-4(5)3-11/h4-7H,1-2H2. The number of rotatable bonds is 0. The van der Waals surface area contributed by atoms with Crippen molar-refractivity contribution in [2.75, 3.05) is 0 Å². The summed E-state index contributed by atoms with van der Waals surface area (Å²) in [5.74, 6) is -0.961. The van der Waals surface area contributed by atoms with E-state index in [4.69, 9.17) is 5.26 Å². The van der Waals surface area contributed by atoms with Crippen molar-refractivity contribution in [3.05, 3.63) is 0 Å². The highest BCUT2D eigenvalue weighted by Gasteiger charge is 2.37. The average molecular weight is 163 g/mol. The van der Waals surface area contributed by atoms with Gasteiger partial charge in [0.25, 0.3) is 0 Å². The molecule has 1 aliphatic carbocycles. The van der Waals surface area contributed by atoms with Crippen molar-refractivity contribution in [1.29, 1.82) is 5.26 Å². The molecule has 1 saturated carbocycles. The summed E-state index contributed by atoms with van der Waals surface area (Å²) in [5, 5.41) is 8.29. The minimum absolute atomic E-state index is 0.307. The molecular weight excluding hydrogens is 155 g/mol. The first kappa shape index (κ1) is 8.38. The SMILES string of the molecule is N#CC1CC(F)C(F)CC1F. The fourth-order valence-corrected chi connectivity index (χ4v) is 1.20. The van der Waals surface area contributed by atoms with E-state index in [0.717, 1.165) is 0 Å². The van der Waals surface area contributed by atoms with Crippen molar-refractivity contribution in [3.63, 3.8) is 0 Å². The Morgan fingerprint density at radius 3 is 2.09 bits per heavy atom. The van der Waals surface area contributed by atoms with Gasteiger partial charge in [0.15, 0.2) is 0 Å². The third-order valence-corrected chi connectivity index (χ3v) is 1.92. The molecule has 1 nitrogen and oxygen atoms in total. The van der Waals surface area contributed by atoms with Crippen LogP contribution in [0.15, 0.2) is 0 Å². The molecule has 1 aliphatic rings. The molecule has 0 aromatic heterocycles. The van der Waals surface area contributed by atoms with Gasteiger partial charge in [-0.15, -0.1) is 0 Å². The summed E-state index contributed by atoms with van der Waals surface area (Å²) in [5.41, 5.74) is 0. The summed E-state index contributed by atoms with van der Waals surface area (Å²) in [6.45, 7) is 0. The van der Waals surface area contributed by atoms with E-state index in [1.54, 1.807) is 6.07 Å². The van der Waals surface area contributed by atoms with E-state index in [2.05, 4.69) is 0 Å². The largest absolute Gasteiger partial charge is 0.246 e. The lowest BCUT2D eigenvalue weighted by Crippen LogP contribution is -2.34. The number of alkyl halides is 3. The van der Waals surface area contributed by atoms with Gasteiger partial charge in [0.1, 0.15) is 18.5 Å². The maximum Gasteiger partial charge on any atom is 0.134 e. The smallest absolute Gasteiger partial charge is 0.134 e. The summed E-state index contributed by atoms with van der Waals surface area (Å²) in [4.78, 5) is 0. The molecule has 0 heterocycles. The Morgan fingerprint density at radius 2 is 1.55 bits per heavy atom. The summed E-state index contributed by atoms with van der Waals surface area (Å²) < 4.78 is 37.6. The van der Waals surface area contributed by atoms with Gasteiger partial charge < -0.3 is 0 Å². The Labute approximate surface area is 62.8 Å². The van der Waals surface area contributed by atoms with E-state index in [9.17, 15) is 13.2 Å². The molecule has 62 valence electrons. The van der Waals surface area contributed by atoms with E-state index < -0.39 is 30.9 Å². The number of hydrogen-bond acceptors (Lipinski definition) is 1. The van der Waals surface area contributed by atoms with Gasteiger partial charge in [-0.05, 0) is 0 Å². The highest BCUT2D eigenvalue weighted by molar-refractivity contribution is 4.96. The van der Waals surface area contributed by atoms with Crippen molar-refractivity contribution in [2.24, 2.45) is 5.92 Å². The Bertz CT molecular complexity index is 177. The fourth-order valence-electron chi connectivity index (χ4n) is 1.20. The van der Waals surface area contributed by atoms with Gasteiger partial charge in [-0.3, -0.25) is 0 Å². The van der Waals surface area contributed by atoms with Crippen molar-refractivity contribution < 1.29 is 13.2 Å². The van der Waals surface area contributed by atoms with Gasteiger partial charge >= 0.3 is 0 Å². The van der Waals surface area contributed by atoms with E-state index in [1.807, 2.05) is 0 Å². The lowest BCUT2D eigenvalue weighted by atomic mass is 9.86. The van der Waals surface area contributed by atoms with Gasteiger partial charge in [0.05, 0.1) is 12.0 Å². The molecule has 0 radical (unpaired) electrons. The van der Waals surface area contributed by atoms with Gasteiger partial charge in [0, 0.05) is 12.8 Å². The van der Waals surface area contributed by atoms with Crippen LogP contribution in [-0.2, 0) is 0 Å². The van der Waals surface area contributed by atoms with Crippen LogP contribution >= 0.6 is 0 Å². The monoisotopic (exact) mass is 163 g/mol. The second-order valence-electron chi connectivity index (χ2n) is 2.75. The second-order valence-corrected chi connectivity index (χ2v) is 2.75. The highest BCUT2D eigenvalue weighted by Crippen LogP contribution is 2.30. The predicted molar refractivity (Wildman–Crippen MR) is 33.0 cm³/mol. The zero-order valence-electron chi connectivity index (χ0n) is 5.80. The highest BCUT2D eigenvalue weighted by atomic mass is 19.2. The molecule has 1 fully saturated rings. The summed E-state index contributed by atoms with van der Waals surface area (Å²) in [6.07, 6.45) is -5.67. The molecule has 4 unspecified atom stereocenters. The molecule has 0 spiro atoms. The van der Waals surface area contributed by atoms with Crippen molar-refractivity contribution in [3.8, 4) is 6.07 Å². The van der Waals surface area contributed by atoms with Crippen molar-refractivity contribution >= 4 is 0 Å². The van der Waals surface area contributed by atoms with Crippen molar-refractivity contribution in [1.82, 2.24) is 0 Å². The van der Waals surface area contributed by atoms with Crippen LogP contribution in [0.2, 0.25) is 0 Å². The average Bonchev–Trinajstić information content (AvgIpc) is 1.97. The maximum atomic E-state index is 12.6. The van der Waals surface area contributed by atoms with E-state index in [-0.39, 0.29) is 6.42 Å². The van der Waals surface area contributed by atoms with E-state index >= 15 is 0 Å². The van der Waals surface area contributed by atoms with Crippen molar-refractivity contribution in [2.45, 2.75) is 31.4 Å². The fraction of sp³-hybridized carbons (Fsp3) is 0.857. The molecule has 0 aromatic rings. The van der Waals surface area contributed by atoms with Crippen LogP contribution in [0.3, 0.4) is 0 Å². The number of halogens is 3. The van der Waals surface area contributed by atoms with Crippen LogP contribution in [0.1, 0.15) is 12.8 Å². The lowest BCUT2D eigenvalue weighted by Gasteiger charge is -2.25. The number of nitriles is 1. The molecule has 0 N–H and O–H groups in total. The van der Waals surface area contributed by atoms with E-state index in [0.29, 0.717) is 0 Å². The topological polar surface area (TPSA) is 23.8 Å². The molecule has 0 saturated heterocycles. The van der Waals surface area contributed by atoms with Crippen LogP contribution in [-0.4, -0.2) is 18.5 Å². The molecule has 0 aromatic carbocycles. The van der Waals surface area contributed by atoms with Gasteiger partial charge in [-0.2, -0.15) is 5.26 Å². The van der Waals surface area contributed by atoms with Gasteiger partial charge in [0.2, 0.25) is 0 Å².